The molecule has 4 atom stereocenters. The number of allylic oxidation sites excluding steroid dienone is 1. The van der Waals surface area contributed by atoms with Crippen LogP contribution in [0.3, 0.4) is 0 Å². The first-order valence-corrected chi connectivity index (χ1v) is 12.0. The smallest absolute Gasteiger partial charge is 0.269 e. The number of hydrogen-bond donors (Lipinski definition) is 4. The van der Waals surface area contributed by atoms with E-state index in [0.29, 0.717) is 35.9 Å². The van der Waals surface area contributed by atoms with Crippen LogP contribution in [0.15, 0.2) is 35.5 Å². The molecule has 1 aromatic carbocycles. The third-order valence-corrected chi connectivity index (χ3v) is 7.38. The van der Waals surface area contributed by atoms with Crippen LogP contribution in [0.25, 0.3) is 0 Å². The minimum atomic E-state index is -0.348. The molecule has 0 bridgehead atoms. The summed E-state index contributed by atoms with van der Waals surface area (Å²) in [5.41, 5.74) is 2.83. The van der Waals surface area contributed by atoms with E-state index in [4.69, 9.17) is 17.0 Å². The summed E-state index contributed by atoms with van der Waals surface area (Å²) in [7, 11) is 1.88. The van der Waals surface area contributed by atoms with E-state index < -0.39 is 0 Å². The van der Waals surface area contributed by atoms with E-state index >= 15 is 0 Å². The molecule has 1 aliphatic carbocycles. The predicted molar refractivity (Wildman–Crippen MR) is 129 cm³/mol. The van der Waals surface area contributed by atoms with Crippen LogP contribution in [-0.2, 0) is 16.1 Å². The van der Waals surface area contributed by atoms with Gasteiger partial charge >= 0.3 is 0 Å². The van der Waals surface area contributed by atoms with Gasteiger partial charge in [0.05, 0.1) is 0 Å². The van der Waals surface area contributed by atoms with Crippen LogP contribution >= 0.6 is 11.6 Å². The van der Waals surface area contributed by atoms with Crippen LogP contribution in [0.4, 0.5) is 0 Å². The van der Waals surface area contributed by atoms with Crippen LogP contribution in [-0.4, -0.2) is 30.6 Å². The summed E-state index contributed by atoms with van der Waals surface area (Å²) < 4.78 is 0. The molecule has 32 heavy (non-hydrogen) atoms. The molecule has 0 radical (unpaired) electrons. The Morgan fingerprint density at radius 2 is 1.97 bits per heavy atom. The van der Waals surface area contributed by atoms with Gasteiger partial charge in [-0.05, 0) is 67.6 Å². The Bertz CT molecular complexity index is 880. The topological polar surface area (TPSA) is 94.1 Å². The van der Waals surface area contributed by atoms with Crippen molar-refractivity contribution in [2.45, 2.75) is 65.0 Å². The van der Waals surface area contributed by atoms with Crippen LogP contribution < -0.4 is 16.0 Å². The van der Waals surface area contributed by atoms with Gasteiger partial charge in [-0.1, -0.05) is 37.6 Å². The Kier molecular flexibility index (Phi) is 8.35. The molecule has 1 heterocycles. The minimum Gasteiger partial charge on any atom is -0.391 e. The fourth-order valence-corrected chi connectivity index (χ4v) is 5.14. The number of carbonyl (C=O) groups excluding carboxylic acids is 2. The summed E-state index contributed by atoms with van der Waals surface area (Å²) in [5, 5.41) is 18.4. The molecule has 4 unspecified atom stereocenters. The SMILES string of the molecule is CNC1=C(C(=N)C(=O)NCc2ccc(Cl)cc2)CCC(CCC(C)C2CCC(=O)N2)C1C. The lowest BCUT2D eigenvalue weighted by atomic mass is 9.74. The summed E-state index contributed by atoms with van der Waals surface area (Å²) in [4.78, 5) is 24.2. The molecule has 0 spiro atoms. The average molecular weight is 459 g/mol. The average Bonchev–Trinajstić information content (AvgIpc) is 3.23. The lowest BCUT2D eigenvalue weighted by Crippen LogP contribution is -2.36. The highest BCUT2D eigenvalue weighted by atomic mass is 35.5. The van der Waals surface area contributed by atoms with Gasteiger partial charge in [0.15, 0.2) is 0 Å². The zero-order valence-corrected chi connectivity index (χ0v) is 20.0. The highest BCUT2D eigenvalue weighted by Gasteiger charge is 2.32. The van der Waals surface area contributed by atoms with Gasteiger partial charge in [0.25, 0.3) is 5.91 Å². The van der Waals surface area contributed by atoms with E-state index in [1.54, 1.807) is 12.1 Å². The van der Waals surface area contributed by atoms with Crippen molar-refractivity contribution in [2.24, 2.45) is 17.8 Å². The van der Waals surface area contributed by atoms with E-state index in [-0.39, 0.29) is 23.4 Å². The Labute approximate surface area is 196 Å². The molecule has 6 nitrogen and oxygen atoms in total. The Morgan fingerprint density at radius 1 is 1.25 bits per heavy atom. The van der Waals surface area contributed by atoms with E-state index in [1.807, 2.05) is 19.2 Å². The number of halogens is 1. The van der Waals surface area contributed by atoms with Crippen molar-refractivity contribution < 1.29 is 9.59 Å². The lowest BCUT2D eigenvalue weighted by Gasteiger charge is -2.34. The molecule has 1 aromatic rings. The summed E-state index contributed by atoms with van der Waals surface area (Å²) in [6.07, 6.45) is 5.45. The summed E-state index contributed by atoms with van der Waals surface area (Å²) in [5.74, 6) is 1.06. The van der Waals surface area contributed by atoms with Gasteiger partial charge in [-0.25, -0.2) is 0 Å². The highest BCUT2D eigenvalue weighted by Crippen LogP contribution is 2.37. The maximum atomic E-state index is 12.7. The van der Waals surface area contributed by atoms with Crippen LogP contribution in [0.5, 0.6) is 0 Å². The summed E-state index contributed by atoms with van der Waals surface area (Å²) in [6.45, 7) is 4.79. The van der Waals surface area contributed by atoms with Crippen molar-refractivity contribution >= 4 is 29.1 Å². The highest BCUT2D eigenvalue weighted by molar-refractivity contribution is 6.44. The molecule has 2 amide bonds. The number of nitrogens with one attached hydrogen (secondary N) is 4. The molecule has 0 saturated carbocycles. The van der Waals surface area contributed by atoms with Crippen LogP contribution in [0.2, 0.25) is 5.02 Å². The summed E-state index contributed by atoms with van der Waals surface area (Å²) >= 11 is 5.91. The maximum Gasteiger partial charge on any atom is 0.269 e. The van der Waals surface area contributed by atoms with Crippen molar-refractivity contribution in [1.82, 2.24) is 16.0 Å². The molecule has 1 fully saturated rings. The number of benzene rings is 1. The van der Waals surface area contributed by atoms with Gasteiger partial charge in [-0.15, -0.1) is 0 Å². The second-order valence-corrected chi connectivity index (χ2v) is 9.62. The zero-order chi connectivity index (χ0) is 23.3. The Hall–Kier alpha value is -2.34. The molecule has 0 aromatic heterocycles. The van der Waals surface area contributed by atoms with Crippen LogP contribution in [0.1, 0.15) is 57.9 Å². The van der Waals surface area contributed by atoms with E-state index in [9.17, 15) is 9.59 Å². The van der Waals surface area contributed by atoms with Crippen molar-refractivity contribution in [3.63, 3.8) is 0 Å². The van der Waals surface area contributed by atoms with Gasteiger partial charge in [0.1, 0.15) is 5.71 Å². The minimum absolute atomic E-state index is 0.0515. The number of carbonyl (C=O) groups is 2. The quantitative estimate of drug-likeness (QED) is 0.418. The number of hydrogen-bond acceptors (Lipinski definition) is 4. The van der Waals surface area contributed by atoms with Crippen molar-refractivity contribution in [3.05, 3.63) is 46.1 Å². The van der Waals surface area contributed by atoms with Gasteiger partial charge in [-0.2, -0.15) is 0 Å². The molecule has 1 saturated heterocycles. The molecule has 4 N–H and O–H groups in total. The van der Waals surface area contributed by atoms with Crippen molar-refractivity contribution in [2.75, 3.05) is 7.05 Å². The standard InChI is InChI=1S/C25H35ClN4O2/c1-15(21-12-13-22(31)30-21)4-7-18-8-11-20(24(28-3)16(18)2)23(27)25(32)29-14-17-5-9-19(26)10-6-17/h5-6,9-10,15-16,18,21,27-28H,4,7-8,11-14H2,1-3H3,(H,29,32)(H,30,31). The van der Waals surface area contributed by atoms with Crippen molar-refractivity contribution in [3.8, 4) is 0 Å². The fourth-order valence-electron chi connectivity index (χ4n) is 5.01. The van der Waals surface area contributed by atoms with Crippen LogP contribution in [0, 0.1) is 23.2 Å². The third kappa shape index (κ3) is 5.91. The summed E-state index contributed by atoms with van der Waals surface area (Å²) in [6, 6.07) is 7.63. The van der Waals surface area contributed by atoms with Gasteiger partial charge in [-0.3, -0.25) is 15.0 Å². The third-order valence-electron chi connectivity index (χ3n) is 7.13. The monoisotopic (exact) mass is 458 g/mol. The largest absolute Gasteiger partial charge is 0.391 e. The van der Waals surface area contributed by atoms with E-state index in [0.717, 1.165) is 48.9 Å². The fraction of sp³-hybridized carbons (Fsp3) is 0.560. The number of amides is 2. The maximum absolute atomic E-state index is 12.7. The van der Waals surface area contributed by atoms with Gasteiger partial charge in [0.2, 0.25) is 5.91 Å². The predicted octanol–water partition coefficient (Wildman–Crippen LogP) is 4.19. The van der Waals surface area contributed by atoms with Gasteiger partial charge in [0, 0.05) is 42.3 Å². The normalized spacial score (nSPS) is 24.1. The first kappa shape index (κ1) is 24.3. The molecular formula is C25H35ClN4O2. The molecule has 3 rings (SSSR count). The number of rotatable bonds is 9. The molecule has 1 aliphatic heterocycles. The zero-order valence-electron chi connectivity index (χ0n) is 19.3. The molecule has 7 heteroatoms. The lowest BCUT2D eigenvalue weighted by molar-refractivity contribution is -0.119. The second-order valence-electron chi connectivity index (χ2n) is 9.18. The molecule has 2 aliphatic rings. The van der Waals surface area contributed by atoms with Crippen molar-refractivity contribution in [1.29, 1.82) is 5.41 Å². The second kappa shape index (κ2) is 11.0. The van der Waals surface area contributed by atoms with E-state index in [2.05, 4.69) is 29.8 Å². The Morgan fingerprint density at radius 3 is 2.59 bits per heavy atom. The van der Waals surface area contributed by atoms with Gasteiger partial charge < -0.3 is 16.0 Å². The Balaban J connectivity index is 1.57. The van der Waals surface area contributed by atoms with E-state index in [1.165, 1.54) is 0 Å². The molecule has 174 valence electrons. The first-order chi connectivity index (χ1) is 15.3. The first-order valence-electron chi connectivity index (χ1n) is 11.6. The molecular weight excluding hydrogens is 424 g/mol.